The summed E-state index contributed by atoms with van der Waals surface area (Å²) >= 11 is 0. The fourth-order valence-corrected chi connectivity index (χ4v) is 2.83. The summed E-state index contributed by atoms with van der Waals surface area (Å²) in [5.41, 5.74) is 2.39. The molecule has 0 heterocycles. The van der Waals surface area contributed by atoms with Crippen LogP contribution in [0.15, 0.2) is 24.3 Å². The molecule has 0 aromatic heterocycles. The topological polar surface area (TPSA) is 55.4 Å². The first-order valence-corrected chi connectivity index (χ1v) is 8.92. The van der Waals surface area contributed by atoms with E-state index in [1.807, 2.05) is 6.07 Å². The maximum Gasteiger partial charge on any atom is 0.147 e. The van der Waals surface area contributed by atoms with Crippen molar-refractivity contribution in [1.29, 1.82) is 0 Å². The van der Waals surface area contributed by atoms with Crippen LogP contribution in [0, 0.1) is 6.92 Å². The summed E-state index contributed by atoms with van der Waals surface area (Å²) in [5, 5.41) is 3.32. The summed E-state index contributed by atoms with van der Waals surface area (Å²) in [6.45, 7) is 4.25. The molecule has 1 N–H and O–H groups in total. The molecule has 0 bridgehead atoms. The molecule has 1 atom stereocenters. The van der Waals surface area contributed by atoms with Gasteiger partial charge < -0.3 is 10.1 Å². The average molecular weight is 299 g/mol. The van der Waals surface area contributed by atoms with Gasteiger partial charge in [0.25, 0.3) is 0 Å². The number of ether oxygens (including phenoxy) is 1. The Morgan fingerprint density at radius 3 is 2.70 bits per heavy atom. The number of hydrogen-bond donors (Lipinski definition) is 1. The predicted molar refractivity (Wildman–Crippen MR) is 83.0 cm³/mol. The van der Waals surface area contributed by atoms with E-state index in [0.717, 1.165) is 13.1 Å². The number of methoxy groups -OCH3 is 1. The molecule has 1 aromatic carbocycles. The molecule has 1 aromatic rings. The molecule has 0 aliphatic heterocycles. The highest BCUT2D eigenvalue weighted by Gasteiger charge is 2.14. The molecule has 5 heteroatoms. The minimum Gasteiger partial charge on any atom is -0.383 e. The maximum absolute atomic E-state index is 11.4. The maximum atomic E-state index is 11.4. The van der Waals surface area contributed by atoms with Crippen LogP contribution in [-0.2, 0) is 14.6 Å². The molecule has 0 saturated heterocycles. The molecule has 0 amide bonds. The summed E-state index contributed by atoms with van der Waals surface area (Å²) in [6, 6.07) is 8.27. The second kappa shape index (κ2) is 8.39. The van der Waals surface area contributed by atoms with Gasteiger partial charge in [-0.3, -0.25) is 0 Å². The molecule has 0 spiro atoms. The van der Waals surface area contributed by atoms with Crippen molar-refractivity contribution in [3.05, 3.63) is 35.4 Å². The van der Waals surface area contributed by atoms with Crippen molar-refractivity contribution in [2.45, 2.75) is 19.3 Å². The minimum absolute atomic E-state index is 0.210. The highest BCUT2D eigenvalue weighted by molar-refractivity contribution is 7.90. The van der Waals surface area contributed by atoms with Crippen LogP contribution in [-0.4, -0.2) is 47.2 Å². The Kier molecular flexibility index (Phi) is 7.19. The van der Waals surface area contributed by atoms with Crippen molar-refractivity contribution < 1.29 is 13.2 Å². The van der Waals surface area contributed by atoms with E-state index in [-0.39, 0.29) is 11.7 Å². The van der Waals surface area contributed by atoms with Gasteiger partial charge in [0.15, 0.2) is 0 Å². The lowest BCUT2D eigenvalue weighted by atomic mass is 9.95. The third kappa shape index (κ3) is 7.03. The Labute approximate surface area is 122 Å². The van der Waals surface area contributed by atoms with Crippen LogP contribution in [0.3, 0.4) is 0 Å². The lowest BCUT2D eigenvalue weighted by Gasteiger charge is -2.18. The molecule has 20 heavy (non-hydrogen) atoms. The van der Waals surface area contributed by atoms with Gasteiger partial charge in [-0.15, -0.1) is 0 Å². The number of nitrogens with one attached hydrogen (secondary N) is 1. The van der Waals surface area contributed by atoms with Crippen LogP contribution in [0.2, 0.25) is 0 Å². The normalized spacial score (nSPS) is 13.3. The van der Waals surface area contributed by atoms with Gasteiger partial charge in [0.2, 0.25) is 0 Å². The summed E-state index contributed by atoms with van der Waals surface area (Å²) in [4.78, 5) is 0. The molecule has 1 rings (SSSR count). The number of aryl methyl sites for hydroxylation is 1. The number of benzene rings is 1. The smallest absolute Gasteiger partial charge is 0.147 e. The number of rotatable bonds is 9. The SMILES string of the molecule is COCCNCC(CCS(C)(=O)=O)c1cccc(C)c1. The summed E-state index contributed by atoms with van der Waals surface area (Å²) in [6.07, 6.45) is 1.93. The summed E-state index contributed by atoms with van der Waals surface area (Å²) in [5.74, 6) is 0.430. The zero-order valence-corrected chi connectivity index (χ0v) is 13.4. The van der Waals surface area contributed by atoms with Gasteiger partial charge in [-0.25, -0.2) is 8.42 Å². The standard InChI is InChI=1S/C15H25NO3S/c1-13-5-4-6-14(11-13)15(7-10-20(3,17)18)12-16-8-9-19-2/h4-6,11,15-16H,7-10,12H2,1-3H3. The molecular formula is C15H25NO3S. The predicted octanol–water partition coefficient (Wildman–Crippen LogP) is 1.75. The largest absolute Gasteiger partial charge is 0.383 e. The third-order valence-electron chi connectivity index (χ3n) is 3.22. The third-order valence-corrected chi connectivity index (χ3v) is 4.20. The quantitative estimate of drug-likeness (QED) is 0.706. The highest BCUT2D eigenvalue weighted by atomic mass is 32.2. The van der Waals surface area contributed by atoms with E-state index in [4.69, 9.17) is 4.74 Å². The highest BCUT2D eigenvalue weighted by Crippen LogP contribution is 2.20. The fraction of sp³-hybridized carbons (Fsp3) is 0.600. The Hall–Kier alpha value is -0.910. The van der Waals surface area contributed by atoms with Gasteiger partial charge in [-0.05, 0) is 24.8 Å². The van der Waals surface area contributed by atoms with E-state index in [2.05, 4.69) is 30.4 Å². The lowest BCUT2D eigenvalue weighted by Crippen LogP contribution is -2.26. The van der Waals surface area contributed by atoms with E-state index in [0.29, 0.717) is 13.0 Å². The first-order chi connectivity index (χ1) is 9.42. The molecule has 0 aliphatic carbocycles. The fourth-order valence-electron chi connectivity index (χ4n) is 2.12. The Morgan fingerprint density at radius 1 is 1.35 bits per heavy atom. The van der Waals surface area contributed by atoms with E-state index < -0.39 is 9.84 Å². The van der Waals surface area contributed by atoms with Crippen molar-refractivity contribution in [1.82, 2.24) is 5.32 Å². The zero-order valence-electron chi connectivity index (χ0n) is 12.6. The number of sulfone groups is 1. The average Bonchev–Trinajstić information content (AvgIpc) is 2.36. The van der Waals surface area contributed by atoms with E-state index >= 15 is 0 Å². The van der Waals surface area contributed by atoms with E-state index in [1.165, 1.54) is 17.4 Å². The Balaban J connectivity index is 2.68. The van der Waals surface area contributed by atoms with Crippen LogP contribution < -0.4 is 5.32 Å². The Morgan fingerprint density at radius 2 is 2.10 bits per heavy atom. The molecule has 1 unspecified atom stereocenters. The van der Waals surface area contributed by atoms with Crippen LogP contribution in [0.5, 0.6) is 0 Å². The first kappa shape index (κ1) is 17.1. The lowest BCUT2D eigenvalue weighted by molar-refractivity contribution is 0.199. The van der Waals surface area contributed by atoms with Gasteiger partial charge in [-0.1, -0.05) is 29.8 Å². The van der Waals surface area contributed by atoms with E-state index in [9.17, 15) is 8.42 Å². The second-order valence-corrected chi connectivity index (χ2v) is 7.49. The van der Waals surface area contributed by atoms with Crippen LogP contribution >= 0.6 is 0 Å². The molecule has 0 saturated carbocycles. The van der Waals surface area contributed by atoms with Crippen molar-refractivity contribution in [3.8, 4) is 0 Å². The van der Waals surface area contributed by atoms with Gasteiger partial charge in [-0.2, -0.15) is 0 Å². The number of hydrogen-bond acceptors (Lipinski definition) is 4. The molecule has 0 aliphatic rings. The van der Waals surface area contributed by atoms with Crippen molar-refractivity contribution in [2.75, 3.05) is 38.8 Å². The van der Waals surface area contributed by atoms with Gasteiger partial charge in [0.1, 0.15) is 9.84 Å². The molecular weight excluding hydrogens is 274 g/mol. The monoisotopic (exact) mass is 299 g/mol. The van der Waals surface area contributed by atoms with Gasteiger partial charge >= 0.3 is 0 Å². The summed E-state index contributed by atoms with van der Waals surface area (Å²) in [7, 11) is -1.26. The molecule has 114 valence electrons. The van der Waals surface area contributed by atoms with Crippen molar-refractivity contribution in [3.63, 3.8) is 0 Å². The summed E-state index contributed by atoms with van der Waals surface area (Å²) < 4.78 is 27.7. The van der Waals surface area contributed by atoms with Gasteiger partial charge in [0.05, 0.1) is 12.4 Å². The van der Waals surface area contributed by atoms with Crippen LogP contribution in [0.25, 0.3) is 0 Å². The first-order valence-electron chi connectivity index (χ1n) is 6.86. The van der Waals surface area contributed by atoms with Crippen LogP contribution in [0.4, 0.5) is 0 Å². The van der Waals surface area contributed by atoms with Gasteiger partial charge in [0, 0.05) is 26.5 Å². The van der Waals surface area contributed by atoms with Crippen LogP contribution in [0.1, 0.15) is 23.5 Å². The molecule has 0 fully saturated rings. The van der Waals surface area contributed by atoms with Crippen molar-refractivity contribution in [2.24, 2.45) is 0 Å². The minimum atomic E-state index is -2.93. The zero-order chi connectivity index (χ0) is 15.0. The molecule has 0 radical (unpaired) electrons. The Bertz CT molecular complexity index is 500. The second-order valence-electron chi connectivity index (χ2n) is 5.23. The van der Waals surface area contributed by atoms with Crippen molar-refractivity contribution >= 4 is 9.84 Å². The van der Waals surface area contributed by atoms with E-state index in [1.54, 1.807) is 7.11 Å². The molecule has 4 nitrogen and oxygen atoms in total.